The van der Waals surface area contributed by atoms with Crippen molar-refractivity contribution in [3.63, 3.8) is 0 Å². The van der Waals surface area contributed by atoms with Crippen LogP contribution in [0.2, 0.25) is 0 Å². The van der Waals surface area contributed by atoms with Gasteiger partial charge in [0.25, 0.3) is 0 Å². The molecule has 0 unspecified atom stereocenters. The molecule has 0 aromatic heterocycles. The summed E-state index contributed by atoms with van der Waals surface area (Å²) >= 11 is 1.03. The smallest absolute Gasteiger partial charge is 0.303 e. The van der Waals surface area contributed by atoms with Gasteiger partial charge in [0, 0.05) is 39.2 Å². The number of rotatable bonds is 10. The third-order valence-electron chi connectivity index (χ3n) is 4.06. The van der Waals surface area contributed by atoms with E-state index in [-0.39, 0.29) is 23.9 Å². The Morgan fingerprint density at radius 3 is 1.84 bits per heavy atom. The van der Waals surface area contributed by atoms with Gasteiger partial charge in [-0.25, -0.2) is 8.42 Å². The number of carbonyl (C=O) groups is 4. The number of ether oxygens (including phenoxy) is 5. The first-order valence-electron chi connectivity index (χ1n) is 9.48. The lowest BCUT2D eigenvalue weighted by atomic mass is 9.99. The van der Waals surface area contributed by atoms with Crippen molar-refractivity contribution in [1.29, 1.82) is 0 Å². The van der Waals surface area contributed by atoms with E-state index < -0.39 is 63.6 Å². The Balaban J connectivity index is 3.24. The van der Waals surface area contributed by atoms with Gasteiger partial charge >= 0.3 is 23.9 Å². The van der Waals surface area contributed by atoms with Crippen LogP contribution in [-0.4, -0.2) is 86.0 Å². The van der Waals surface area contributed by atoms with Crippen LogP contribution in [0.4, 0.5) is 0 Å². The number of hydrogen-bond donors (Lipinski definition) is 0. The predicted octanol–water partition coefficient (Wildman–Crippen LogP) is 0.237. The normalized spacial score (nSPS) is 25.9. The maximum Gasteiger partial charge on any atom is 0.303 e. The minimum Gasteiger partial charge on any atom is -0.463 e. The standard InChI is InChI=1S/C18H28O11S2/c1-6-31(23,24)8-7-30-18-17(28-13(5)22)16(27-12(4)21)15(26-11(3)20)14(29-18)9-25-10(2)19/h14-18H,6-9H2,1-5H3/t14-,15-,16+,17-,18-/m1/s1. The molecule has 0 bridgehead atoms. The van der Waals surface area contributed by atoms with E-state index in [1.165, 1.54) is 13.8 Å². The van der Waals surface area contributed by atoms with E-state index >= 15 is 0 Å². The van der Waals surface area contributed by atoms with Crippen molar-refractivity contribution in [2.24, 2.45) is 0 Å². The van der Waals surface area contributed by atoms with Crippen molar-refractivity contribution in [2.75, 3.05) is 23.9 Å². The average molecular weight is 485 g/mol. The van der Waals surface area contributed by atoms with Crippen LogP contribution in [0.1, 0.15) is 34.6 Å². The summed E-state index contributed by atoms with van der Waals surface area (Å²) < 4.78 is 50.3. The van der Waals surface area contributed by atoms with E-state index in [9.17, 15) is 27.6 Å². The van der Waals surface area contributed by atoms with Crippen LogP contribution in [0, 0.1) is 0 Å². The van der Waals surface area contributed by atoms with Gasteiger partial charge in [-0.1, -0.05) is 6.92 Å². The van der Waals surface area contributed by atoms with E-state index in [0.29, 0.717) is 0 Å². The van der Waals surface area contributed by atoms with Crippen LogP contribution in [0.5, 0.6) is 0 Å². The zero-order valence-electron chi connectivity index (χ0n) is 18.0. The van der Waals surface area contributed by atoms with Gasteiger partial charge in [-0.15, -0.1) is 11.8 Å². The number of carbonyl (C=O) groups excluding carboxylic acids is 4. The first kappa shape index (κ1) is 27.2. The Morgan fingerprint density at radius 1 is 0.839 bits per heavy atom. The molecule has 0 spiro atoms. The molecule has 0 amide bonds. The Hall–Kier alpha value is -1.86. The zero-order chi connectivity index (χ0) is 23.8. The highest BCUT2D eigenvalue weighted by Gasteiger charge is 2.52. The maximum absolute atomic E-state index is 11.8. The summed E-state index contributed by atoms with van der Waals surface area (Å²) in [6.45, 7) is 5.76. The summed E-state index contributed by atoms with van der Waals surface area (Å²) in [7, 11) is -3.26. The molecular formula is C18H28O11S2. The molecule has 13 heteroatoms. The summed E-state index contributed by atoms with van der Waals surface area (Å²) in [4.78, 5) is 46.3. The quantitative estimate of drug-likeness (QED) is 0.309. The van der Waals surface area contributed by atoms with Crippen molar-refractivity contribution >= 4 is 45.5 Å². The van der Waals surface area contributed by atoms with Crippen molar-refractivity contribution in [2.45, 2.75) is 64.5 Å². The summed E-state index contributed by atoms with van der Waals surface area (Å²) in [5.74, 6) is -2.87. The second-order valence-electron chi connectivity index (χ2n) is 6.67. The lowest BCUT2D eigenvalue weighted by Crippen LogP contribution is -2.61. The third kappa shape index (κ3) is 9.44. The second-order valence-corrected chi connectivity index (χ2v) is 10.4. The van der Waals surface area contributed by atoms with Crippen molar-refractivity contribution in [1.82, 2.24) is 0 Å². The van der Waals surface area contributed by atoms with Crippen LogP contribution in [0.15, 0.2) is 0 Å². The molecule has 5 atom stereocenters. The SMILES string of the molecule is CCS(=O)(=O)CCS[C@H]1O[C@H](COC(C)=O)[C@@H](OC(C)=O)[C@H](OC(C)=O)[C@H]1OC(C)=O. The second kappa shape index (κ2) is 12.2. The van der Waals surface area contributed by atoms with E-state index in [0.717, 1.165) is 32.5 Å². The van der Waals surface area contributed by atoms with Gasteiger partial charge in [-0.3, -0.25) is 19.2 Å². The molecule has 0 aliphatic carbocycles. The molecule has 0 aromatic rings. The Morgan fingerprint density at radius 2 is 1.35 bits per heavy atom. The van der Waals surface area contributed by atoms with E-state index in [1.807, 2.05) is 0 Å². The first-order valence-corrected chi connectivity index (χ1v) is 12.4. The van der Waals surface area contributed by atoms with Gasteiger partial charge < -0.3 is 23.7 Å². The largest absolute Gasteiger partial charge is 0.463 e. The lowest BCUT2D eigenvalue weighted by molar-refractivity contribution is -0.237. The zero-order valence-corrected chi connectivity index (χ0v) is 19.7. The summed E-state index contributed by atoms with van der Waals surface area (Å²) in [5.41, 5.74) is -0.979. The summed E-state index contributed by atoms with van der Waals surface area (Å²) in [6, 6.07) is 0. The van der Waals surface area contributed by atoms with Gasteiger partial charge in [-0.05, 0) is 0 Å². The van der Waals surface area contributed by atoms with Crippen LogP contribution < -0.4 is 0 Å². The fourth-order valence-electron chi connectivity index (χ4n) is 2.76. The van der Waals surface area contributed by atoms with Gasteiger partial charge in [0.1, 0.15) is 18.1 Å². The van der Waals surface area contributed by atoms with Crippen molar-refractivity contribution < 1.29 is 51.3 Å². The summed E-state index contributed by atoms with van der Waals surface area (Å²) in [5, 5.41) is 0. The molecule has 1 aliphatic heterocycles. The summed E-state index contributed by atoms with van der Waals surface area (Å²) in [6.07, 6.45) is -4.75. The number of sulfone groups is 1. The molecule has 0 radical (unpaired) electrons. The topological polar surface area (TPSA) is 149 Å². The molecule has 31 heavy (non-hydrogen) atoms. The minimum absolute atomic E-state index is 0.0356. The fraction of sp³-hybridized carbons (Fsp3) is 0.778. The van der Waals surface area contributed by atoms with Crippen LogP contribution in [0.25, 0.3) is 0 Å². The number of thioether (sulfide) groups is 1. The molecular weight excluding hydrogens is 456 g/mol. The molecule has 0 N–H and O–H groups in total. The monoisotopic (exact) mass is 484 g/mol. The fourth-order valence-corrected chi connectivity index (χ4v) is 5.30. The van der Waals surface area contributed by atoms with Gasteiger partial charge in [0.2, 0.25) is 0 Å². The number of hydrogen-bond acceptors (Lipinski definition) is 12. The maximum atomic E-state index is 11.8. The van der Waals surface area contributed by atoms with Crippen LogP contribution in [0.3, 0.4) is 0 Å². The van der Waals surface area contributed by atoms with Crippen molar-refractivity contribution in [3.8, 4) is 0 Å². The average Bonchev–Trinajstić information content (AvgIpc) is 2.63. The van der Waals surface area contributed by atoms with Crippen LogP contribution in [-0.2, 0) is 52.7 Å². The molecule has 11 nitrogen and oxygen atoms in total. The van der Waals surface area contributed by atoms with Crippen molar-refractivity contribution in [3.05, 3.63) is 0 Å². The minimum atomic E-state index is -3.26. The highest BCUT2D eigenvalue weighted by molar-refractivity contribution is 8.01. The molecule has 1 saturated heterocycles. The van der Waals surface area contributed by atoms with Gasteiger partial charge in [0.15, 0.2) is 28.1 Å². The molecule has 0 aromatic carbocycles. The lowest BCUT2D eigenvalue weighted by Gasteiger charge is -2.44. The van der Waals surface area contributed by atoms with E-state index in [2.05, 4.69) is 0 Å². The highest BCUT2D eigenvalue weighted by Crippen LogP contribution is 2.34. The Bertz CT molecular complexity index is 764. The molecule has 1 aliphatic rings. The van der Waals surface area contributed by atoms with Gasteiger partial charge in [0.05, 0.1) is 5.75 Å². The van der Waals surface area contributed by atoms with Crippen LogP contribution >= 0.6 is 11.8 Å². The van der Waals surface area contributed by atoms with E-state index in [1.54, 1.807) is 0 Å². The van der Waals surface area contributed by atoms with Gasteiger partial charge in [-0.2, -0.15) is 0 Å². The number of esters is 4. The van der Waals surface area contributed by atoms with E-state index in [4.69, 9.17) is 23.7 Å². The molecule has 178 valence electrons. The molecule has 1 heterocycles. The molecule has 1 rings (SSSR count). The Labute approximate surface area is 185 Å². The first-order chi connectivity index (χ1) is 14.4. The third-order valence-corrected chi connectivity index (χ3v) is 7.18. The Kier molecular flexibility index (Phi) is 10.7. The molecule has 0 saturated carbocycles. The molecule has 1 fully saturated rings. The predicted molar refractivity (Wildman–Crippen MR) is 109 cm³/mol. The highest BCUT2D eigenvalue weighted by atomic mass is 32.2.